The Morgan fingerprint density at radius 3 is 2.82 bits per heavy atom. The molecule has 1 heterocycles. The predicted octanol–water partition coefficient (Wildman–Crippen LogP) is 2.58. The number of aromatic carboxylic acids is 1. The smallest absolute Gasteiger partial charge is 0.342 e. The highest BCUT2D eigenvalue weighted by molar-refractivity contribution is 7.99. The van der Waals surface area contributed by atoms with Gasteiger partial charge in [0.1, 0.15) is 11.8 Å². The van der Waals surface area contributed by atoms with Crippen molar-refractivity contribution in [2.45, 2.75) is 30.5 Å². The van der Waals surface area contributed by atoms with E-state index in [4.69, 9.17) is 5.11 Å². The molecule has 1 aromatic rings. The van der Waals surface area contributed by atoms with E-state index in [2.05, 4.69) is 4.98 Å². The van der Waals surface area contributed by atoms with Gasteiger partial charge in [-0.3, -0.25) is 10.1 Å². The van der Waals surface area contributed by atoms with Gasteiger partial charge in [-0.2, -0.15) is 0 Å². The number of nitrogens with zero attached hydrogens (tertiary/aromatic N) is 2. The average Bonchev–Trinajstić information content (AvgIpc) is 2.28. The number of carboxylic acid groups (broad SMARTS) is 1. The second kappa shape index (κ2) is 5.62. The Hall–Kier alpha value is -1.63. The van der Waals surface area contributed by atoms with E-state index in [0.29, 0.717) is 5.03 Å². The standard InChI is InChI=1S/C10H12N2O4S/c1-3-6(2)17-9-4-7(10(13)14)8(5-11-9)12(15)16/h4-6H,3H2,1-2H3,(H,13,14). The van der Waals surface area contributed by atoms with Crippen molar-refractivity contribution in [3.63, 3.8) is 0 Å². The van der Waals surface area contributed by atoms with Crippen LogP contribution in [0, 0.1) is 10.1 Å². The van der Waals surface area contributed by atoms with Gasteiger partial charge in [0.15, 0.2) is 0 Å². The summed E-state index contributed by atoms with van der Waals surface area (Å²) >= 11 is 1.40. The lowest BCUT2D eigenvalue weighted by atomic mass is 10.2. The van der Waals surface area contributed by atoms with Crippen LogP contribution in [0.2, 0.25) is 0 Å². The normalized spacial score (nSPS) is 12.1. The Kier molecular flexibility index (Phi) is 4.45. The van der Waals surface area contributed by atoms with Crippen molar-refractivity contribution in [2.24, 2.45) is 0 Å². The summed E-state index contributed by atoms with van der Waals surface area (Å²) in [5.74, 6) is -1.31. The van der Waals surface area contributed by atoms with Gasteiger partial charge in [-0.05, 0) is 12.5 Å². The predicted molar refractivity (Wildman–Crippen MR) is 63.5 cm³/mol. The number of thioether (sulfide) groups is 1. The highest BCUT2D eigenvalue weighted by Crippen LogP contribution is 2.27. The minimum atomic E-state index is -1.31. The van der Waals surface area contributed by atoms with Crippen LogP contribution in [0.4, 0.5) is 5.69 Å². The lowest BCUT2D eigenvalue weighted by Crippen LogP contribution is -2.04. The van der Waals surface area contributed by atoms with Crippen molar-refractivity contribution >= 4 is 23.4 Å². The summed E-state index contributed by atoms with van der Waals surface area (Å²) in [5, 5.41) is 20.3. The van der Waals surface area contributed by atoms with E-state index < -0.39 is 16.6 Å². The zero-order chi connectivity index (χ0) is 13.0. The largest absolute Gasteiger partial charge is 0.477 e. The van der Waals surface area contributed by atoms with Crippen LogP contribution in [-0.2, 0) is 0 Å². The van der Waals surface area contributed by atoms with Crippen LogP contribution >= 0.6 is 11.8 Å². The molecule has 1 atom stereocenters. The first-order chi connectivity index (χ1) is 7.95. The third-order valence-corrected chi connectivity index (χ3v) is 3.38. The third kappa shape index (κ3) is 3.42. The summed E-state index contributed by atoms with van der Waals surface area (Å²) in [4.78, 5) is 24.7. The molecule has 0 fully saturated rings. The minimum absolute atomic E-state index is 0.283. The van der Waals surface area contributed by atoms with Gasteiger partial charge >= 0.3 is 11.7 Å². The quantitative estimate of drug-likeness (QED) is 0.494. The summed E-state index contributed by atoms with van der Waals surface area (Å²) in [5.41, 5.74) is -0.804. The van der Waals surface area contributed by atoms with E-state index >= 15 is 0 Å². The summed E-state index contributed by atoms with van der Waals surface area (Å²) in [6.45, 7) is 3.98. The van der Waals surface area contributed by atoms with Crippen molar-refractivity contribution in [1.29, 1.82) is 0 Å². The second-order valence-electron chi connectivity index (χ2n) is 3.44. The molecule has 17 heavy (non-hydrogen) atoms. The minimum Gasteiger partial charge on any atom is -0.477 e. The van der Waals surface area contributed by atoms with Gasteiger partial charge in [0.2, 0.25) is 0 Å². The summed E-state index contributed by atoms with van der Waals surface area (Å²) < 4.78 is 0. The van der Waals surface area contributed by atoms with Gasteiger partial charge in [-0.1, -0.05) is 13.8 Å². The Bertz CT molecular complexity index is 450. The zero-order valence-electron chi connectivity index (χ0n) is 9.41. The van der Waals surface area contributed by atoms with Crippen molar-refractivity contribution in [1.82, 2.24) is 4.98 Å². The van der Waals surface area contributed by atoms with Gasteiger partial charge in [-0.15, -0.1) is 11.8 Å². The molecule has 0 saturated carbocycles. The molecule has 1 N–H and O–H groups in total. The maximum Gasteiger partial charge on any atom is 0.342 e. The molecule has 0 aliphatic rings. The monoisotopic (exact) mass is 256 g/mol. The summed E-state index contributed by atoms with van der Waals surface area (Å²) in [6.07, 6.45) is 1.90. The topological polar surface area (TPSA) is 93.3 Å². The lowest BCUT2D eigenvalue weighted by molar-refractivity contribution is -0.385. The molecule has 1 aromatic heterocycles. The molecule has 0 amide bonds. The average molecular weight is 256 g/mol. The van der Waals surface area contributed by atoms with Gasteiger partial charge in [0.05, 0.1) is 9.95 Å². The van der Waals surface area contributed by atoms with Crippen molar-refractivity contribution < 1.29 is 14.8 Å². The number of hydrogen-bond donors (Lipinski definition) is 1. The van der Waals surface area contributed by atoms with E-state index in [1.807, 2.05) is 13.8 Å². The number of pyridine rings is 1. The Labute approximate surface area is 102 Å². The van der Waals surface area contributed by atoms with Gasteiger partial charge < -0.3 is 5.11 Å². The molecule has 0 aliphatic carbocycles. The van der Waals surface area contributed by atoms with Crippen molar-refractivity contribution in [3.8, 4) is 0 Å². The van der Waals surface area contributed by atoms with Gasteiger partial charge in [0, 0.05) is 5.25 Å². The van der Waals surface area contributed by atoms with Gasteiger partial charge in [0.25, 0.3) is 0 Å². The van der Waals surface area contributed by atoms with Crippen LogP contribution in [-0.4, -0.2) is 26.2 Å². The van der Waals surface area contributed by atoms with E-state index in [1.165, 1.54) is 17.8 Å². The molecule has 7 heteroatoms. The molecule has 0 saturated heterocycles. The highest BCUT2D eigenvalue weighted by atomic mass is 32.2. The summed E-state index contributed by atoms with van der Waals surface area (Å²) in [7, 11) is 0. The highest BCUT2D eigenvalue weighted by Gasteiger charge is 2.21. The first-order valence-corrected chi connectivity index (χ1v) is 5.88. The van der Waals surface area contributed by atoms with Crippen LogP contribution in [0.15, 0.2) is 17.3 Å². The SMILES string of the molecule is CCC(C)Sc1cc(C(=O)O)c([N+](=O)[O-])cn1. The number of hydrogen-bond acceptors (Lipinski definition) is 5. The maximum absolute atomic E-state index is 10.9. The molecule has 1 rings (SSSR count). The first kappa shape index (κ1) is 13.4. The number of carboxylic acids is 1. The molecular formula is C10H12N2O4S. The third-order valence-electron chi connectivity index (χ3n) is 2.18. The lowest BCUT2D eigenvalue weighted by Gasteiger charge is -2.07. The molecule has 1 unspecified atom stereocenters. The fourth-order valence-corrected chi connectivity index (χ4v) is 1.98. The molecule has 0 bridgehead atoms. The van der Waals surface area contributed by atoms with Crippen LogP contribution in [0.3, 0.4) is 0 Å². The van der Waals surface area contributed by atoms with E-state index in [-0.39, 0.29) is 10.8 Å². The Balaban J connectivity index is 3.10. The fourth-order valence-electron chi connectivity index (χ4n) is 1.10. The molecule has 6 nitrogen and oxygen atoms in total. The van der Waals surface area contributed by atoms with E-state index in [0.717, 1.165) is 12.6 Å². The zero-order valence-corrected chi connectivity index (χ0v) is 10.2. The molecule has 0 radical (unpaired) electrons. The molecule has 92 valence electrons. The van der Waals surface area contributed by atoms with Crippen molar-refractivity contribution in [3.05, 3.63) is 27.9 Å². The summed E-state index contributed by atoms with van der Waals surface area (Å²) in [6, 6.07) is 1.25. The van der Waals surface area contributed by atoms with Crippen LogP contribution in [0.1, 0.15) is 30.6 Å². The van der Waals surface area contributed by atoms with Crippen LogP contribution in [0.5, 0.6) is 0 Å². The number of carbonyl (C=O) groups is 1. The number of nitro groups is 1. The molecule has 0 aromatic carbocycles. The molecular weight excluding hydrogens is 244 g/mol. The second-order valence-corrected chi connectivity index (χ2v) is 4.90. The van der Waals surface area contributed by atoms with Crippen LogP contribution < -0.4 is 0 Å². The van der Waals surface area contributed by atoms with Crippen LogP contribution in [0.25, 0.3) is 0 Å². The maximum atomic E-state index is 10.9. The Morgan fingerprint density at radius 1 is 1.71 bits per heavy atom. The fraction of sp³-hybridized carbons (Fsp3) is 0.400. The number of aromatic nitrogens is 1. The van der Waals surface area contributed by atoms with Gasteiger partial charge in [-0.25, -0.2) is 9.78 Å². The Morgan fingerprint density at radius 2 is 2.35 bits per heavy atom. The number of rotatable bonds is 5. The first-order valence-electron chi connectivity index (χ1n) is 5.00. The molecule has 0 spiro atoms. The van der Waals surface area contributed by atoms with E-state index in [1.54, 1.807) is 0 Å². The van der Waals surface area contributed by atoms with Crippen molar-refractivity contribution in [2.75, 3.05) is 0 Å². The van der Waals surface area contributed by atoms with E-state index in [9.17, 15) is 14.9 Å². The molecule has 0 aliphatic heterocycles.